The highest BCUT2D eigenvalue weighted by atomic mass is 19.4. The number of benzene rings is 1. The smallest absolute Gasteiger partial charge is 0.337 e. The maximum atomic E-state index is 12.9. The van der Waals surface area contributed by atoms with E-state index in [4.69, 9.17) is 0 Å². The Morgan fingerprint density at radius 3 is 2.52 bits per heavy atom. The molecule has 0 fully saturated rings. The molecular formula is C19H24F3N7. The van der Waals surface area contributed by atoms with Gasteiger partial charge in [0.25, 0.3) is 0 Å². The summed E-state index contributed by atoms with van der Waals surface area (Å²) in [5.41, 5.74) is 7.28. The molecule has 0 spiro atoms. The molecule has 156 valence electrons. The zero-order valence-electron chi connectivity index (χ0n) is 16.6. The van der Waals surface area contributed by atoms with Crippen molar-refractivity contribution in [3.8, 4) is 11.5 Å². The van der Waals surface area contributed by atoms with Crippen molar-refractivity contribution < 1.29 is 13.2 Å². The molecule has 0 aliphatic carbocycles. The van der Waals surface area contributed by atoms with Gasteiger partial charge in [0.15, 0.2) is 5.82 Å². The summed E-state index contributed by atoms with van der Waals surface area (Å²) in [7, 11) is 0. The second kappa shape index (κ2) is 8.75. The molecule has 29 heavy (non-hydrogen) atoms. The predicted molar refractivity (Wildman–Crippen MR) is 106 cm³/mol. The minimum Gasteiger partial charge on any atom is -0.337 e. The van der Waals surface area contributed by atoms with Crippen molar-refractivity contribution in [3.63, 3.8) is 0 Å². The Kier molecular flexibility index (Phi) is 6.33. The van der Waals surface area contributed by atoms with Crippen LogP contribution in [-0.4, -0.2) is 51.0 Å². The van der Waals surface area contributed by atoms with Crippen LogP contribution in [0.3, 0.4) is 0 Å². The number of anilines is 1. The molecule has 3 aromatic rings. The third-order valence-electron chi connectivity index (χ3n) is 4.55. The number of aromatic amines is 1. The van der Waals surface area contributed by atoms with Crippen LogP contribution in [0.1, 0.15) is 25.1 Å². The van der Waals surface area contributed by atoms with Crippen LogP contribution in [0.5, 0.6) is 0 Å². The Morgan fingerprint density at radius 1 is 1.07 bits per heavy atom. The van der Waals surface area contributed by atoms with Crippen LogP contribution in [0.15, 0.2) is 24.3 Å². The molecule has 7 nitrogen and oxygen atoms in total. The van der Waals surface area contributed by atoms with Gasteiger partial charge in [0.2, 0.25) is 5.95 Å². The number of H-pyrrole nitrogens is 1. The molecular weight excluding hydrogens is 383 g/mol. The number of hydrogen-bond donors (Lipinski definition) is 3. The first-order valence-corrected chi connectivity index (χ1v) is 9.44. The van der Waals surface area contributed by atoms with Crippen molar-refractivity contribution in [3.05, 3.63) is 35.5 Å². The topological polar surface area (TPSA) is 81.8 Å². The first-order valence-electron chi connectivity index (χ1n) is 9.44. The molecule has 0 unspecified atom stereocenters. The summed E-state index contributed by atoms with van der Waals surface area (Å²) in [4.78, 5) is 18.3. The van der Waals surface area contributed by atoms with Gasteiger partial charge in [-0.15, -0.1) is 0 Å². The zero-order valence-corrected chi connectivity index (χ0v) is 16.6. The Bertz CT molecular complexity index is 964. The fraction of sp³-hybridized carbons (Fsp3) is 0.421. The van der Waals surface area contributed by atoms with Gasteiger partial charge in [-0.05, 0) is 44.3 Å². The highest BCUT2D eigenvalue weighted by Gasteiger charge is 2.30. The number of halogens is 3. The molecule has 0 saturated heterocycles. The van der Waals surface area contributed by atoms with E-state index in [0.29, 0.717) is 40.7 Å². The minimum atomic E-state index is -4.40. The number of rotatable bonds is 8. The van der Waals surface area contributed by atoms with Crippen LogP contribution in [0, 0.1) is 6.92 Å². The largest absolute Gasteiger partial charge is 0.416 e. The first-order chi connectivity index (χ1) is 13.8. The van der Waals surface area contributed by atoms with E-state index in [0.717, 1.165) is 31.8 Å². The van der Waals surface area contributed by atoms with Crippen LogP contribution in [0.4, 0.5) is 19.1 Å². The SMILES string of the molecule is CCN(CC)CCNNc1nc(C)cc(-c2nc3ccc(C(F)(F)F)cc3[nH]2)n1. The van der Waals surface area contributed by atoms with E-state index in [1.807, 2.05) is 6.92 Å². The van der Waals surface area contributed by atoms with E-state index >= 15 is 0 Å². The first kappa shape index (κ1) is 21.0. The lowest BCUT2D eigenvalue weighted by molar-refractivity contribution is -0.137. The average molecular weight is 407 g/mol. The van der Waals surface area contributed by atoms with Crippen LogP contribution in [0.2, 0.25) is 0 Å². The van der Waals surface area contributed by atoms with Crippen molar-refractivity contribution in [2.75, 3.05) is 31.6 Å². The Balaban J connectivity index is 1.77. The molecule has 0 radical (unpaired) electrons. The molecule has 0 atom stereocenters. The number of fused-ring (bicyclic) bond motifs is 1. The Morgan fingerprint density at radius 2 is 1.83 bits per heavy atom. The second-order valence-corrected chi connectivity index (χ2v) is 6.61. The van der Waals surface area contributed by atoms with Gasteiger partial charge in [-0.1, -0.05) is 13.8 Å². The van der Waals surface area contributed by atoms with Gasteiger partial charge in [0.05, 0.1) is 16.6 Å². The van der Waals surface area contributed by atoms with Gasteiger partial charge in [0.1, 0.15) is 5.69 Å². The molecule has 10 heteroatoms. The fourth-order valence-electron chi connectivity index (χ4n) is 2.95. The third-order valence-corrected chi connectivity index (χ3v) is 4.55. The molecule has 0 aliphatic rings. The van der Waals surface area contributed by atoms with E-state index in [1.165, 1.54) is 6.07 Å². The highest BCUT2D eigenvalue weighted by Crippen LogP contribution is 2.31. The summed E-state index contributed by atoms with van der Waals surface area (Å²) in [6.07, 6.45) is -4.40. The molecule has 0 saturated carbocycles. The highest BCUT2D eigenvalue weighted by molar-refractivity contribution is 5.79. The van der Waals surface area contributed by atoms with Gasteiger partial charge >= 0.3 is 6.18 Å². The van der Waals surface area contributed by atoms with Crippen molar-refractivity contribution in [2.45, 2.75) is 26.9 Å². The summed E-state index contributed by atoms with van der Waals surface area (Å²) in [5.74, 6) is 0.756. The second-order valence-electron chi connectivity index (χ2n) is 6.61. The maximum absolute atomic E-state index is 12.9. The molecule has 1 aromatic carbocycles. The molecule has 0 amide bonds. The number of nitrogens with zero attached hydrogens (tertiary/aromatic N) is 4. The van der Waals surface area contributed by atoms with Gasteiger partial charge in [0, 0.05) is 18.8 Å². The van der Waals surface area contributed by atoms with Crippen LogP contribution >= 0.6 is 0 Å². The van der Waals surface area contributed by atoms with Gasteiger partial charge in [-0.2, -0.15) is 13.2 Å². The summed E-state index contributed by atoms with van der Waals surface area (Å²) < 4.78 is 38.8. The van der Waals surface area contributed by atoms with Crippen molar-refractivity contribution in [1.82, 2.24) is 30.3 Å². The van der Waals surface area contributed by atoms with E-state index < -0.39 is 11.7 Å². The van der Waals surface area contributed by atoms with E-state index in [1.54, 1.807) is 6.07 Å². The number of imidazole rings is 1. The number of nitrogens with one attached hydrogen (secondary N) is 3. The van der Waals surface area contributed by atoms with Crippen molar-refractivity contribution in [1.29, 1.82) is 0 Å². The maximum Gasteiger partial charge on any atom is 0.416 e. The van der Waals surface area contributed by atoms with Crippen molar-refractivity contribution in [2.24, 2.45) is 0 Å². The monoisotopic (exact) mass is 407 g/mol. The number of likely N-dealkylation sites (N-methyl/N-ethyl adjacent to an activating group) is 1. The molecule has 3 rings (SSSR count). The van der Waals surface area contributed by atoms with Crippen molar-refractivity contribution >= 4 is 17.0 Å². The Hall–Kier alpha value is -2.72. The summed E-state index contributed by atoms with van der Waals surface area (Å²) >= 11 is 0. The third kappa shape index (κ3) is 5.21. The quantitative estimate of drug-likeness (QED) is 0.391. The van der Waals surface area contributed by atoms with E-state index in [-0.39, 0.29) is 0 Å². The predicted octanol–water partition coefficient (Wildman–Crippen LogP) is 3.61. The molecule has 2 aromatic heterocycles. The summed E-state index contributed by atoms with van der Waals surface area (Å²) in [6.45, 7) is 9.58. The lowest BCUT2D eigenvalue weighted by Crippen LogP contribution is -2.34. The molecule has 2 heterocycles. The van der Waals surface area contributed by atoms with Gasteiger partial charge in [-0.3, -0.25) is 5.43 Å². The van der Waals surface area contributed by atoms with Crippen LogP contribution < -0.4 is 10.9 Å². The van der Waals surface area contributed by atoms with Gasteiger partial charge < -0.3 is 9.88 Å². The normalized spacial score (nSPS) is 12.1. The molecule has 3 N–H and O–H groups in total. The number of hydrazine groups is 1. The molecule has 0 aliphatic heterocycles. The number of aromatic nitrogens is 4. The van der Waals surface area contributed by atoms with Crippen LogP contribution in [0.25, 0.3) is 22.6 Å². The van der Waals surface area contributed by atoms with E-state index in [9.17, 15) is 13.2 Å². The number of hydrogen-bond acceptors (Lipinski definition) is 6. The number of aryl methyl sites for hydroxylation is 1. The lowest BCUT2D eigenvalue weighted by atomic mass is 10.2. The molecule has 0 bridgehead atoms. The lowest BCUT2D eigenvalue weighted by Gasteiger charge is -2.18. The zero-order chi connectivity index (χ0) is 21.0. The van der Waals surface area contributed by atoms with E-state index in [2.05, 4.69) is 49.5 Å². The van der Waals surface area contributed by atoms with Crippen LogP contribution in [-0.2, 0) is 6.18 Å². The fourth-order valence-corrected chi connectivity index (χ4v) is 2.95. The summed E-state index contributed by atoms with van der Waals surface area (Å²) in [6, 6.07) is 5.14. The standard InChI is InChI=1S/C19H24F3N7/c1-4-29(5-2)9-8-23-28-18-24-12(3)10-16(27-18)17-25-14-7-6-13(19(20,21)22)11-15(14)26-17/h6-7,10-11,23H,4-5,8-9H2,1-3H3,(H,25,26)(H,24,27,28). The van der Waals surface area contributed by atoms with Gasteiger partial charge in [-0.25, -0.2) is 20.4 Å². The summed E-state index contributed by atoms with van der Waals surface area (Å²) in [5, 5.41) is 0. The minimum absolute atomic E-state index is 0.304. The number of alkyl halides is 3. The average Bonchev–Trinajstić information content (AvgIpc) is 3.10. The Labute approximate surface area is 166 Å².